The standard InChI is InChI=1S/C7H15NO3/c8-5-3-4(1-2-9)6(10)7(5)11/h4-7,9-11H,1-3,8H2/t4-,5-,6-,7-/m1/s1. The molecule has 0 heterocycles. The van der Waals surface area contributed by atoms with Crippen molar-refractivity contribution in [1.82, 2.24) is 0 Å². The molecule has 0 aromatic rings. The second-order valence-electron chi connectivity index (χ2n) is 3.15. The molecule has 4 heteroatoms. The summed E-state index contributed by atoms with van der Waals surface area (Å²) in [6, 6.07) is -0.332. The van der Waals surface area contributed by atoms with Crippen molar-refractivity contribution in [3.63, 3.8) is 0 Å². The van der Waals surface area contributed by atoms with Gasteiger partial charge in [-0.15, -0.1) is 0 Å². The van der Waals surface area contributed by atoms with Crippen LogP contribution in [0.15, 0.2) is 0 Å². The van der Waals surface area contributed by atoms with E-state index in [4.69, 9.17) is 10.8 Å². The van der Waals surface area contributed by atoms with Crippen LogP contribution in [0.25, 0.3) is 0 Å². The fourth-order valence-corrected chi connectivity index (χ4v) is 1.61. The second kappa shape index (κ2) is 3.49. The Morgan fingerprint density at radius 2 is 1.91 bits per heavy atom. The fourth-order valence-electron chi connectivity index (χ4n) is 1.61. The summed E-state index contributed by atoms with van der Waals surface area (Å²) in [5.41, 5.74) is 5.50. The summed E-state index contributed by atoms with van der Waals surface area (Å²) in [6.45, 7) is 0.0428. The van der Waals surface area contributed by atoms with E-state index in [1.54, 1.807) is 0 Å². The van der Waals surface area contributed by atoms with Crippen molar-refractivity contribution in [1.29, 1.82) is 0 Å². The second-order valence-corrected chi connectivity index (χ2v) is 3.15. The van der Waals surface area contributed by atoms with Gasteiger partial charge in [0.15, 0.2) is 0 Å². The van der Waals surface area contributed by atoms with Gasteiger partial charge in [0.2, 0.25) is 0 Å². The molecule has 0 aliphatic heterocycles. The van der Waals surface area contributed by atoms with E-state index in [2.05, 4.69) is 0 Å². The molecule has 0 spiro atoms. The minimum Gasteiger partial charge on any atom is -0.396 e. The van der Waals surface area contributed by atoms with Gasteiger partial charge in [0.25, 0.3) is 0 Å². The molecule has 0 radical (unpaired) electrons. The number of nitrogens with two attached hydrogens (primary N) is 1. The van der Waals surface area contributed by atoms with Crippen molar-refractivity contribution >= 4 is 0 Å². The van der Waals surface area contributed by atoms with Gasteiger partial charge in [-0.05, 0) is 18.8 Å². The molecular weight excluding hydrogens is 146 g/mol. The molecule has 11 heavy (non-hydrogen) atoms. The molecule has 4 nitrogen and oxygen atoms in total. The average molecular weight is 161 g/mol. The predicted molar refractivity (Wildman–Crippen MR) is 39.8 cm³/mol. The van der Waals surface area contributed by atoms with Crippen LogP contribution < -0.4 is 5.73 Å². The lowest BCUT2D eigenvalue weighted by Crippen LogP contribution is -2.35. The average Bonchev–Trinajstić information content (AvgIpc) is 2.19. The highest BCUT2D eigenvalue weighted by Crippen LogP contribution is 2.27. The number of rotatable bonds is 2. The molecule has 1 saturated carbocycles. The van der Waals surface area contributed by atoms with Crippen molar-refractivity contribution < 1.29 is 15.3 Å². The van der Waals surface area contributed by atoms with Crippen LogP contribution in [-0.2, 0) is 0 Å². The fraction of sp³-hybridized carbons (Fsp3) is 1.00. The van der Waals surface area contributed by atoms with Crippen molar-refractivity contribution in [2.45, 2.75) is 31.1 Å². The van der Waals surface area contributed by atoms with Crippen LogP contribution in [0.1, 0.15) is 12.8 Å². The Morgan fingerprint density at radius 3 is 2.27 bits per heavy atom. The van der Waals surface area contributed by atoms with Crippen molar-refractivity contribution in [2.24, 2.45) is 11.7 Å². The van der Waals surface area contributed by atoms with Gasteiger partial charge >= 0.3 is 0 Å². The normalized spacial score (nSPS) is 44.7. The molecule has 0 saturated heterocycles. The highest BCUT2D eigenvalue weighted by molar-refractivity contribution is 4.93. The van der Waals surface area contributed by atoms with Crippen LogP contribution in [0.4, 0.5) is 0 Å². The lowest BCUT2D eigenvalue weighted by Gasteiger charge is -2.14. The van der Waals surface area contributed by atoms with Gasteiger partial charge in [-0.2, -0.15) is 0 Å². The smallest absolute Gasteiger partial charge is 0.0952 e. The maximum atomic E-state index is 9.32. The topological polar surface area (TPSA) is 86.7 Å². The molecule has 4 atom stereocenters. The van der Waals surface area contributed by atoms with E-state index >= 15 is 0 Å². The molecule has 1 aliphatic rings. The van der Waals surface area contributed by atoms with Gasteiger partial charge in [0, 0.05) is 12.6 Å². The quantitative estimate of drug-likeness (QED) is 0.394. The minimum atomic E-state index is -0.813. The highest BCUT2D eigenvalue weighted by Gasteiger charge is 2.38. The Labute approximate surface area is 65.6 Å². The number of hydrogen-bond acceptors (Lipinski definition) is 4. The van der Waals surface area contributed by atoms with E-state index in [1.165, 1.54) is 0 Å². The molecule has 1 aliphatic carbocycles. The van der Waals surface area contributed by atoms with Crippen molar-refractivity contribution in [2.75, 3.05) is 6.61 Å². The molecule has 0 unspecified atom stereocenters. The van der Waals surface area contributed by atoms with E-state index in [9.17, 15) is 10.2 Å². The lowest BCUT2D eigenvalue weighted by molar-refractivity contribution is 0.0107. The first kappa shape index (κ1) is 8.93. The summed E-state index contributed by atoms with van der Waals surface area (Å²) in [7, 11) is 0. The van der Waals surface area contributed by atoms with Gasteiger partial charge < -0.3 is 21.1 Å². The number of aliphatic hydroxyl groups excluding tert-OH is 3. The predicted octanol–water partition coefficient (Wildman–Crippen LogP) is -1.56. The van der Waals surface area contributed by atoms with Gasteiger partial charge in [0.05, 0.1) is 12.2 Å². The summed E-state index contributed by atoms with van der Waals surface area (Å²) >= 11 is 0. The van der Waals surface area contributed by atoms with Crippen LogP contribution in [0.2, 0.25) is 0 Å². The molecular formula is C7H15NO3. The van der Waals surface area contributed by atoms with E-state index in [1.807, 2.05) is 0 Å². The molecule has 0 aromatic carbocycles. The molecule has 0 bridgehead atoms. The number of aliphatic hydroxyl groups is 3. The zero-order valence-corrected chi connectivity index (χ0v) is 6.35. The Hall–Kier alpha value is -0.160. The van der Waals surface area contributed by atoms with Gasteiger partial charge in [0.1, 0.15) is 0 Å². The Bertz CT molecular complexity index is 131. The maximum absolute atomic E-state index is 9.32. The first-order chi connectivity index (χ1) is 5.16. The van der Waals surface area contributed by atoms with Gasteiger partial charge in [-0.1, -0.05) is 0 Å². The van der Waals surface area contributed by atoms with E-state index < -0.39 is 12.2 Å². The Kier molecular flexibility index (Phi) is 2.84. The third kappa shape index (κ3) is 1.70. The third-order valence-corrected chi connectivity index (χ3v) is 2.35. The molecule has 1 rings (SSSR count). The monoisotopic (exact) mass is 161 g/mol. The number of hydrogen-bond donors (Lipinski definition) is 4. The molecule has 66 valence electrons. The zero-order chi connectivity index (χ0) is 8.43. The summed E-state index contributed by atoms with van der Waals surface area (Å²) < 4.78 is 0. The zero-order valence-electron chi connectivity index (χ0n) is 6.35. The maximum Gasteiger partial charge on any atom is 0.0952 e. The van der Waals surface area contributed by atoms with Crippen LogP contribution in [0.5, 0.6) is 0 Å². The molecule has 0 amide bonds. The van der Waals surface area contributed by atoms with Crippen LogP contribution in [0, 0.1) is 5.92 Å². The lowest BCUT2D eigenvalue weighted by atomic mass is 10.0. The first-order valence-corrected chi connectivity index (χ1v) is 3.89. The SMILES string of the molecule is N[C@@H]1C[C@@H](CCO)[C@@H](O)[C@@H]1O. The molecule has 1 fully saturated rings. The van der Waals surface area contributed by atoms with Crippen molar-refractivity contribution in [3.8, 4) is 0 Å². The van der Waals surface area contributed by atoms with Crippen LogP contribution in [0.3, 0.4) is 0 Å². The van der Waals surface area contributed by atoms with E-state index in [0.717, 1.165) is 0 Å². The van der Waals surface area contributed by atoms with E-state index in [-0.39, 0.29) is 18.6 Å². The van der Waals surface area contributed by atoms with Crippen LogP contribution >= 0.6 is 0 Å². The Balaban J connectivity index is 2.45. The summed E-state index contributed by atoms with van der Waals surface area (Å²) in [5.74, 6) is -0.0370. The molecule has 0 aromatic heterocycles. The van der Waals surface area contributed by atoms with Crippen molar-refractivity contribution in [3.05, 3.63) is 0 Å². The molecule has 5 N–H and O–H groups in total. The summed E-state index contributed by atoms with van der Waals surface area (Å²) in [5, 5.41) is 27.1. The first-order valence-electron chi connectivity index (χ1n) is 3.89. The van der Waals surface area contributed by atoms with E-state index in [0.29, 0.717) is 12.8 Å². The van der Waals surface area contributed by atoms with Crippen LogP contribution in [-0.4, -0.2) is 40.2 Å². The highest BCUT2D eigenvalue weighted by atomic mass is 16.3. The van der Waals surface area contributed by atoms with Gasteiger partial charge in [-0.3, -0.25) is 0 Å². The third-order valence-electron chi connectivity index (χ3n) is 2.35. The minimum absolute atomic E-state index is 0.0370. The summed E-state index contributed by atoms with van der Waals surface area (Å²) in [6.07, 6.45) is -0.446. The van der Waals surface area contributed by atoms with Gasteiger partial charge in [-0.25, -0.2) is 0 Å². The Morgan fingerprint density at radius 1 is 1.27 bits per heavy atom. The summed E-state index contributed by atoms with van der Waals surface area (Å²) in [4.78, 5) is 0. The largest absolute Gasteiger partial charge is 0.396 e.